The van der Waals surface area contributed by atoms with E-state index in [0.717, 1.165) is 12.1 Å². The van der Waals surface area contributed by atoms with E-state index in [9.17, 15) is 37.1 Å². The lowest BCUT2D eigenvalue weighted by atomic mass is 10.1. The zero-order chi connectivity index (χ0) is 26.7. The molecule has 37 heavy (non-hydrogen) atoms. The topological polar surface area (TPSA) is 117 Å². The highest BCUT2D eigenvalue weighted by molar-refractivity contribution is 5.95. The van der Waals surface area contributed by atoms with Crippen molar-refractivity contribution in [1.82, 2.24) is 19.9 Å². The van der Waals surface area contributed by atoms with Crippen molar-refractivity contribution >= 4 is 5.91 Å². The second-order valence-corrected chi connectivity index (χ2v) is 7.96. The number of hydrogen-bond donors (Lipinski definition) is 3. The Morgan fingerprint density at radius 3 is 2.57 bits per heavy atom. The van der Waals surface area contributed by atoms with Gasteiger partial charge in [-0.2, -0.15) is 13.2 Å². The number of rotatable bonds is 6. The maximum absolute atomic E-state index is 13.3. The lowest BCUT2D eigenvalue weighted by Crippen LogP contribution is -2.27. The summed E-state index contributed by atoms with van der Waals surface area (Å²) in [6, 6.07) is 13.2. The van der Waals surface area contributed by atoms with Gasteiger partial charge in [0.1, 0.15) is 11.6 Å². The van der Waals surface area contributed by atoms with Crippen molar-refractivity contribution in [3.05, 3.63) is 116 Å². The third-order valence-electron chi connectivity index (χ3n) is 5.38. The number of amides is 1. The molecule has 12 heteroatoms. The molecule has 0 aliphatic heterocycles. The zero-order valence-corrected chi connectivity index (χ0v) is 18.8. The largest absolute Gasteiger partial charge is 0.501 e. The van der Waals surface area contributed by atoms with Crippen molar-refractivity contribution in [1.29, 1.82) is 0 Å². The minimum atomic E-state index is -4.87. The van der Waals surface area contributed by atoms with Crippen LogP contribution in [-0.2, 0) is 19.3 Å². The molecule has 0 bridgehead atoms. The Morgan fingerprint density at radius 2 is 1.84 bits per heavy atom. The molecule has 3 N–H and O–H groups in total. The van der Waals surface area contributed by atoms with Crippen LogP contribution in [0.2, 0.25) is 0 Å². The van der Waals surface area contributed by atoms with E-state index in [1.807, 2.05) is 0 Å². The maximum atomic E-state index is 13.3. The number of aromatic amines is 1. The van der Waals surface area contributed by atoms with E-state index in [-0.39, 0.29) is 17.9 Å². The van der Waals surface area contributed by atoms with Gasteiger partial charge in [0.15, 0.2) is 5.69 Å². The van der Waals surface area contributed by atoms with Gasteiger partial charge in [0.2, 0.25) is 5.75 Å². The number of benzene rings is 2. The minimum absolute atomic E-state index is 0.0898. The summed E-state index contributed by atoms with van der Waals surface area (Å²) in [7, 11) is 0. The Kier molecular flexibility index (Phi) is 6.92. The minimum Gasteiger partial charge on any atom is -0.501 e. The van der Waals surface area contributed by atoms with E-state index < -0.39 is 52.6 Å². The lowest BCUT2D eigenvalue weighted by molar-refractivity contribution is -0.138. The first-order valence-corrected chi connectivity index (χ1v) is 10.7. The van der Waals surface area contributed by atoms with Crippen molar-refractivity contribution in [2.75, 3.05) is 0 Å². The highest BCUT2D eigenvalue weighted by Crippen LogP contribution is 2.32. The fourth-order valence-corrected chi connectivity index (χ4v) is 3.59. The van der Waals surface area contributed by atoms with Gasteiger partial charge in [0.25, 0.3) is 17.0 Å². The van der Waals surface area contributed by atoms with Crippen molar-refractivity contribution < 1.29 is 27.5 Å². The molecule has 0 spiro atoms. The van der Waals surface area contributed by atoms with Gasteiger partial charge < -0.3 is 20.0 Å². The van der Waals surface area contributed by atoms with Gasteiger partial charge in [-0.15, -0.1) is 0 Å². The van der Waals surface area contributed by atoms with E-state index in [1.54, 1.807) is 42.6 Å². The molecule has 0 fully saturated rings. The SMILES string of the molecule is O=C(NCc1ccc(F)cc1C(F)(F)F)c1nc(-c2cccc(Cn3ccccc3=O)c2)[nH]c(=O)c1O. The smallest absolute Gasteiger partial charge is 0.416 e. The van der Waals surface area contributed by atoms with Gasteiger partial charge in [0, 0.05) is 24.4 Å². The molecule has 4 rings (SSSR count). The summed E-state index contributed by atoms with van der Waals surface area (Å²) >= 11 is 0. The molecule has 0 aliphatic rings. The summed E-state index contributed by atoms with van der Waals surface area (Å²) in [5.74, 6) is -3.33. The molecule has 0 radical (unpaired) electrons. The van der Waals surface area contributed by atoms with Crippen LogP contribution >= 0.6 is 0 Å². The van der Waals surface area contributed by atoms with E-state index in [1.165, 1.54) is 10.6 Å². The van der Waals surface area contributed by atoms with Crippen LogP contribution in [0.5, 0.6) is 5.75 Å². The number of H-pyrrole nitrogens is 1. The Labute approximate surface area is 205 Å². The lowest BCUT2D eigenvalue weighted by Gasteiger charge is -2.14. The summed E-state index contributed by atoms with van der Waals surface area (Å²) in [5, 5.41) is 12.3. The van der Waals surface area contributed by atoms with Gasteiger partial charge in [-0.3, -0.25) is 14.4 Å². The molecule has 2 aromatic heterocycles. The molecule has 0 unspecified atom stereocenters. The first-order valence-electron chi connectivity index (χ1n) is 10.7. The summed E-state index contributed by atoms with van der Waals surface area (Å²) in [6.07, 6.45) is -3.26. The second kappa shape index (κ2) is 10.1. The van der Waals surface area contributed by atoms with Crippen molar-refractivity contribution in [2.45, 2.75) is 19.3 Å². The number of halogens is 4. The van der Waals surface area contributed by atoms with Crippen LogP contribution < -0.4 is 16.4 Å². The number of pyridine rings is 1. The standard InChI is InChI=1S/C25H18F4N4O4/c26-17-8-7-16(18(11-17)25(27,28)29)12-30-23(36)20-21(35)24(37)32-22(31-20)15-5-3-4-14(10-15)13-33-9-2-1-6-19(33)34/h1-11,35H,12-13H2,(H,30,36)(H,31,32,37). The second-order valence-electron chi connectivity index (χ2n) is 7.96. The molecular weight excluding hydrogens is 496 g/mol. The third-order valence-corrected chi connectivity index (χ3v) is 5.38. The van der Waals surface area contributed by atoms with Gasteiger partial charge in [0.05, 0.1) is 12.1 Å². The van der Waals surface area contributed by atoms with Crippen molar-refractivity contribution in [3.8, 4) is 17.1 Å². The fourth-order valence-electron chi connectivity index (χ4n) is 3.59. The quantitative estimate of drug-likeness (QED) is 0.341. The average molecular weight is 514 g/mol. The molecule has 4 aromatic rings. The Bertz CT molecular complexity index is 1590. The monoisotopic (exact) mass is 514 g/mol. The van der Waals surface area contributed by atoms with Crippen LogP contribution in [0.25, 0.3) is 11.4 Å². The first-order chi connectivity index (χ1) is 17.5. The summed E-state index contributed by atoms with van der Waals surface area (Å²) in [4.78, 5) is 43.3. The fraction of sp³-hybridized carbons (Fsp3) is 0.120. The third kappa shape index (κ3) is 5.74. The summed E-state index contributed by atoms with van der Waals surface area (Å²) in [6.45, 7) is -0.457. The summed E-state index contributed by atoms with van der Waals surface area (Å²) in [5.41, 5.74) is -2.65. The van der Waals surface area contributed by atoms with Gasteiger partial charge >= 0.3 is 6.18 Å². The Hall–Kier alpha value is -4.74. The number of nitrogens with one attached hydrogen (secondary N) is 2. The first kappa shape index (κ1) is 25.4. The molecule has 190 valence electrons. The zero-order valence-electron chi connectivity index (χ0n) is 18.8. The van der Waals surface area contributed by atoms with Gasteiger partial charge in [-0.05, 0) is 35.4 Å². The van der Waals surface area contributed by atoms with Gasteiger partial charge in [-0.1, -0.05) is 30.3 Å². The predicted octanol–water partition coefficient (Wildman–Crippen LogP) is 3.44. The molecular formula is C25H18F4N4O4. The summed E-state index contributed by atoms with van der Waals surface area (Å²) < 4.78 is 54.5. The molecule has 2 heterocycles. The number of nitrogens with zero attached hydrogens (tertiary/aromatic N) is 2. The van der Waals surface area contributed by atoms with Crippen LogP contribution in [-0.4, -0.2) is 25.5 Å². The van der Waals surface area contributed by atoms with E-state index in [4.69, 9.17) is 0 Å². The molecule has 8 nitrogen and oxygen atoms in total. The van der Waals surface area contributed by atoms with E-state index in [0.29, 0.717) is 17.2 Å². The molecule has 1 amide bonds. The molecule has 2 aromatic carbocycles. The highest BCUT2D eigenvalue weighted by atomic mass is 19.4. The van der Waals surface area contributed by atoms with Crippen LogP contribution in [0.4, 0.5) is 17.6 Å². The van der Waals surface area contributed by atoms with Crippen molar-refractivity contribution in [2.24, 2.45) is 0 Å². The molecule has 0 atom stereocenters. The Balaban J connectivity index is 1.61. The van der Waals surface area contributed by atoms with Crippen LogP contribution in [0.15, 0.2) is 76.4 Å². The van der Waals surface area contributed by atoms with E-state index >= 15 is 0 Å². The van der Waals surface area contributed by atoms with Crippen LogP contribution in [0.3, 0.4) is 0 Å². The van der Waals surface area contributed by atoms with E-state index in [2.05, 4.69) is 15.3 Å². The maximum Gasteiger partial charge on any atom is 0.416 e. The number of carbonyl (C=O) groups excluding carboxylic acids is 1. The molecule has 0 saturated carbocycles. The predicted molar refractivity (Wildman–Crippen MR) is 124 cm³/mol. The van der Waals surface area contributed by atoms with Crippen LogP contribution in [0.1, 0.15) is 27.2 Å². The number of hydrogen-bond acceptors (Lipinski definition) is 5. The number of alkyl halides is 3. The molecule has 0 aliphatic carbocycles. The Morgan fingerprint density at radius 1 is 1.05 bits per heavy atom. The normalized spacial score (nSPS) is 11.4. The van der Waals surface area contributed by atoms with Gasteiger partial charge in [-0.25, -0.2) is 9.37 Å². The number of aromatic hydroxyl groups is 1. The average Bonchev–Trinajstić information content (AvgIpc) is 2.85. The highest BCUT2D eigenvalue weighted by Gasteiger charge is 2.34. The molecule has 0 saturated heterocycles. The number of aromatic nitrogens is 3. The van der Waals surface area contributed by atoms with Crippen molar-refractivity contribution in [3.63, 3.8) is 0 Å². The number of carbonyl (C=O) groups is 1. The van der Waals surface area contributed by atoms with Crippen LogP contribution in [0, 0.1) is 5.82 Å².